The van der Waals surface area contributed by atoms with Crippen LogP contribution in [0, 0.1) is 11.7 Å². The largest absolute Gasteiger partial charge is 0.375 e. The minimum Gasteiger partial charge on any atom is -0.375 e. The number of anilines is 1. The maximum absolute atomic E-state index is 13.5. The third kappa shape index (κ3) is 6.32. The Hall–Kier alpha value is -2.85. The number of aliphatic imine (C=N–C) groups is 1. The van der Waals surface area contributed by atoms with Gasteiger partial charge in [-0.1, -0.05) is 6.07 Å². The number of hydrogen-bond donors (Lipinski definition) is 1. The summed E-state index contributed by atoms with van der Waals surface area (Å²) in [7, 11) is -3.69. The Morgan fingerprint density at radius 1 is 1.03 bits per heavy atom. The van der Waals surface area contributed by atoms with E-state index in [1.165, 1.54) is 12.1 Å². The lowest BCUT2D eigenvalue weighted by molar-refractivity contribution is -0.125. The topological polar surface area (TPSA) is 101 Å². The number of carbonyl (C=O) groups excluding carboxylic acids is 1. The van der Waals surface area contributed by atoms with Crippen molar-refractivity contribution in [3.63, 3.8) is 0 Å². The molecule has 2 fully saturated rings. The Morgan fingerprint density at radius 3 is 2.36 bits per heavy atom. The first-order valence-corrected chi connectivity index (χ1v) is 15.3. The first-order valence-electron chi connectivity index (χ1n) is 13.8. The molecule has 3 heterocycles. The van der Waals surface area contributed by atoms with Crippen LogP contribution in [0.3, 0.4) is 0 Å². The van der Waals surface area contributed by atoms with Gasteiger partial charge in [0, 0.05) is 37.2 Å². The summed E-state index contributed by atoms with van der Waals surface area (Å²) in [6, 6.07) is 8.79. The molecule has 1 N–H and O–H groups in total. The summed E-state index contributed by atoms with van der Waals surface area (Å²) in [6.45, 7) is 6.45. The molecule has 1 aliphatic carbocycles. The standard InChI is InChI=1S/C29H37FN4O4S/c1-29(2,3)39(36,37)33-28(35)19-5-9-23(10-6-19)38-24-12-14-34(15-13-24)27-11-7-21(18-31-27)25-16-20-4-8-22(30)17-26(20)32-25/h4,7-8,11,17-19,23-24H,5-6,9-10,12-16H2,1-3H3,(H,33,35). The zero-order chi connectivity index (χ0) is 27.8. The zero-order valence-electron chi connectivity index (χ0n) is 22.8. The number of pyridine rings is 1. The Kier molecular flexibility index (Phi) is 7.79. The maximum atomic E-state index is 13.5. The summed E-state index contributed by atoms with van der Waals surface area (Å²) >= 11 is 0. The average molecular weight is 557 g/mol. The lowest BCUT2D eigenvalue weighted by Gasteiger charge is -2.36. The normalized spacial score (nSPS) is 22.4. The summed E-state index contributed by atoms with van der Waals surface area (Å²) in [6.07, 6.45) is 7.41. The first kappa shape index (κ1) is 27.7. The number of halogens is 1. The molecule has 210 valence electrons. The number of rotatable bonds is 6. The molecule has 39 heavy (non-hydrogen) atoms. The fourth-order valence-electron chi connectivity index (χ4n) is 5.39. The van der Waals surface area contributed by atoms with Gasteiger partial charge in [0.1, 0.15) is 11.6 Å². The van der Waals surface area contributed by atoms with Crippen LogP contribution in [-0.4, -0.2) is 55.1 Å². The summed E-state index contributed by atoms with van der Waals surface area (Å²) < 4.78 is 45.8. The molecule has 8 nitrogen and oxygen atoms in total. The number of carbonyl (C=O) groups is 1. The van der Waals surface area contributed by atoms with Crippen LogP contribution in [0.25, 0.3) is 0 Å². The van der Waals surface area contributed by atoms with Crippen molar-refractivity contribution in [2.75, 3.05) is 18.0 Å². The molecule has 2 aromatic rings. The Bertz CT molecular complexity index is 1340. The third-order valence-corrected chi connectivity index (χ3v) is 10.1. The van der Waals surface area contributed by atoms with Gasteiger partial charge in [0.25, 0.3) is 0 Å². The van der Waals surface area contributed by atoms with Crippen molar-refractivity contribution in [1.29, 1.82) is 0 Å². The van der Waals surface area contributed by atoms with E-state index in [0.717, 1.165) is 61.4 Å². The number of ether oxygens (including phenoxy) is 1. The SMILES string of the molecule is CC(C)(C)S(=O)(=O)NC(=O)C1CCC(OC2CCN(c3ccc(C4=Nc5cc(F)ccc5C4)cn3)CC2)CC1. The van der Waals surface area contributed by atoms with Gasteiger partial charge in [0.15, 0.2) is 0 Å². The highest BCUT2D eigenvalue weighted by atomic mass is 32.2. The molecule has 0 radical (unpaired) electrons. The van der Waals surface area contributed by atoms with Crippen LogP contribution in [0.2, 0.25) is 0 Å². The van der Waals surface area contributed by atoms with Gasteiger partial charge in [-0.3, -0.25) is 14.5 Å². The molecule has 3 aliphatic rings. The van der Waals surface area contributed by atoms with E-state index in [1.807, 2.05) is 18.3 Å². The van der Waals surface area contributed by atoms with Crippen molar-refractivity contribution in [3.8, 4) is 0 Å². The Balaban J connectivity index is 1.06. The second-order valence-corrected chi connectivity index (χ2v) is 14.2. The van der Waals surface area contributed by atoms with Gasteiger partial charge in [-0.15, -0.1) is 0 Å². The summed E-state index contributed by atoms with van der Waals surface area (Å²) in [5, 5.41) is 0. The number of benzene rings is 1. The minimum atomic E-state index is -3.69. The smallest absolute Gasteiger partial charge is 0.239 e. The number of amides is 1. The minimum absolute atomic E-state index is 0.104. The first-order chi connectivity index (χ1) is 18.5. The van der Waals surface area contributed by atoms with Crippen LogP contribution in [-0.2, 0) is 26.0 Å². The lowest BCUT2D eigenvalue weighted by atomic mass is 9.87. The number of hydrogen-bond acceptors (Lipinski definition) is 7. The van der Waals surface area contributed by atoms with Crippen LogP contribution < -0.4 is 9.62 Å². The van der Waals surface area contributed by atoms with Crippen molar-refractivity contribution in [2.45, 2.75) is 82.7 Å². The highest BCUT2D eigenvalue weighted by Crippen LogP contribution is 2.31. The van der Waals surface area contributed by atoms with Crippen molar-refractivity contribution < 1.29 is 22.3 Å². The zero-order valence-corrected chi connectivity index (χ0v) is 23.6. The molecule has 5 rings (SSSR count). The van der Waals surface area contributed by atoms with Gasteiger partial charge in [0.2, 0.25) is 15.9 Å². The van der Waals surface area contributed by atoms with E-state index in [9.17, 15) is 17.6 Å². The molecule has 2 aliphatic heterocycles. The van der Waals surface area contributed by atoms with E-state index < -0.39 is 20.7 Å². The van der Waals surface area contributed by atoms with Crippen LogP contribution in [0.1, 0.15) is 70.4 Å². The van der Waals surface area contributed by atoms with Gasteiger partial charge >= 0.3 is 0 Å². The number of sulfonamides is 1. The Labute approximate surface area is 230 Å². The quantitative estimate of drug-likeness (QED) is 0.554. The molecule has 1 saturated heterocycles. The molecule has 0 spiro atoms. The molecule has 1 aromatic carbocycles. The predicted octanol–water partition coefficient (Wildman–Crippen LogP) is 4.69. The van der Waals surface area contributed by atoms with Gasteiger partial charge in [-0.25, -0.2) is 17.8 Å². The second-order valence-electron chi connectivity index (χ2n) is 11.8. The highest BCUT2D eigenvalue weighted by Gasteiger charge is 2.35. The van der Waals surface area contributed by atoms with Crippen molar-refractivity contribution in [3.05, 3.63) is 53.5 Å². The number of nitrogens with one attached hydrogen (secondary N) is 1. The van der Waals surface area contributed by atoms with E-state index in [2.05, 4.69) is 19.6 Å². The van der Waals surface area contributed by atoms with Gasteiger partial charge in [0.05, 0.1) is 28.4 Å². The van der Waals surface area contributed by atoms with Crippen LogP contribution >= 0.6 is 0 Å². The summed E-state index contributed by atoms with van der Waals surface area (Å²) in [4.78, 5) is 24.1. The fourth-order valence-corrected chi connectivity index (χ4v) is 6.13. The lowest BCUT2D eigenvalue weighted by Crippen LogP contribution is -2.46. The summed E-state index contributed by atoms with van der Waals surface area (Å²) in [5.74, 6) is -0.0305. The van der Waals surface area contributed by atoms with Crippen molar-refractivity contribution in [2.24, 2.45) is 10.9 Å². The molecule has 1 aromatic heterocycles. The highest BCUT2D eigenvalue weighted by molar-refractivity contribution is 7.91. The van der Waals surface area contributed by atoms with Crippen LogP contribution in [0.15, 0.2) is 41.5 Å². The Morgan fingerprint density at radius 2 is 1.72 bits per heavy atom. The molecule has 1 amide bonds. The molecular formula is C29H37FN4O4S. The molecule has 0 bridgehead atoms. The number of aromatic nitrogens is 1. The molecule has 0 unspecified atom stereocenters. The second kappa shape index (κ2) is 11.0. The number of piperidine rings is 1. The molecular weight excluding hydrogens is 519 g/mol. The molecule has 1 saturated carbocycles. The van der Waals surface area contributed by atoms with Crippen LogP contribution in [0.5, 0.6) is 0 Å². The van der Waals surface area contributed by atoms with E-state index in [4.69, 9.17) is 4.74 Å². The average Bonchev–Trinajstić information content (AvgIpc) is 3.32. The number of fused-ring (bicyclic) bond motifs is 1. The predicted molar refractivity (Wildman–Crippen MR) is 149 cm³/mol. The maximum Gasteiger partial charge on any atom is 0.239 e. The van der Waals surface area contributed by atoms with E-state index in [-0.39, 0.29) is 23.9 Å². The third-order valence-electron chi connectivity index (χ3n) is 7.98. The van der Waals surface area contributed by atoms with E-state index in [1.54, 1.807) is 26.8 Å². The van der Waals surface area contributed by atoms with Crippen molar-refractivity contribution >= 4 is 33.1 Å². The van der Waals surface area contributed by atoms with Gasteiger partial charge in [-0.2, -0.15) is 0 Å². The molecule has 10 heteroatoms. The molecule has 0 atom stereocenters. The van der Waals surface area contributed by atoms with Crippen LogP contribution in [0.4, 0.5) is 15.9 Å². The van der Waals surface area contributed by atoms with Crippen molar-refractivity contribution in [1.82, 2.24) is 9.71 Å². The fraction of sp³-hybridized carbons (Fsp3) is 0.552. The van der Waals surface area contributed by atoms with Gasteiger partial charge in [-0.05, 0) is 89.1 Å². The number of nitrogens with zero attached hydrogens (tertiary/aromatic N) is 3. The van der Waals surface area contributed by atoms with Gasteiger partial charge < -0.3 is 9.64 Å². The monoisotopic (exact) mass is 556 g/mol. The van der Waals surface area contributed by atoms with E-state index in [0.29, 0.717) is 24.9 Å². The van der Waals surface area contributed by atoms with E-state index >= 15 is 0 Å². The summed E-state index contributed by atoms with van der Waals surface area (Å²) in [5.41, 5.74) is 3.59.